The van der Waals surface area contributed by atoms with Crippen LogP contribution in [0.25, 0.3) is 0 Å². The van der Waals surface area contributed by atoms with E-state index in [1.807, 2.05) is 6.92 Å². The monoisotopic (exact) mass is 339 g/mol. The van der Waals surface area contributed by atoms with E-state index in [1.54, 1.807) is 25.3 Å². The van der Waals surface area contributed by atoms with E-state index in [0.717, 1.165) is 0 Å². The molecule has 1 aliphatic rings. The van der Waals surface area contributed by atoms with Gasteiger partial charge in [-0.1, -0.05) is 0 Å². The molecule has 7 nitrogen and oxygen atoms in total. The smallest absolute Gasteiger partial charge is 0.234 e. The molecule has 1 aromatic rings. The SMILES string of the molecule is COc1ccc(NC(=O)CSC2NC(=O)CC(C)N2)c(OC)c1. The largest absolute Gasteiger partial charge is 0.497 e. The first-order chi connectivity index (χ1) is 11.0. The Kier molecular flexibility index (Phi) is 6.12. The molecule has 1 fully saturated rings. The number of methoxy groups -OCH3 is 2. The van der Waals surface area contributed by atoms with Crippen LogP contribution in [-0.2, 0) is 9.59 Å². The van der Waals surface area contributed by atoms with Crippen LogP contribution in [0.3, 0.4) is 0 Å². The van der Waals surface area contributed by atoms with Crippen molar-refractivity contribution in [3.8, 4) is 11.5 Å². The van der Waals surface area contributed by atoms with Crippen LogP contribution >= 0.6 is 11.8 Å². The predicted octanol–water partition coefficient (Wildman–Crippen LogP) is 1.16. The molecule has 2 rings (SSSR count). The normalized spacial score (nSPS) is 20.6. The summed E-state index contributed by atoms with van der Waals surface area (Å²) in [6.07, 6.45) is 0.451. The molecule has 1 aliphatic heterocycles. The number of carbonyl (C=O) groups excluding carboxylic acids is 2. The fourth-order valence-electron chi connectivity index (χ4n) is 2.18. The fraction of sp³-hybridized carbons (Fsp3) is 0.467. The first-order valence-corrected chi connectivity index (χ1v) is 8.25. The van der Waals surface area contributed by atoms with Crippen molar-refractivity contribution in [1.29, 1.82) is 0 Å². The lowest BCUT2D eigenvalue weighted by Gasteiger charge is -2.28. The average molecular weight is 339 g/mol. The number of hydrogen-bond acceptors (Lipinski definition) is 6. The number of carbonyl (C=O) groups is 2. The van der Waals surface area contributed by atoms with Gasteiger partial charge in [-0.3, -0.25) is 14.9 Å². The van der Waals surface area contributed by atoms with Crippen LogP contribution in [0.1, 0.15) is 13.3 Å². The second-order valence-electron chi connectivity index (χ2n) is 5.14. The lowest BCUT2D eigenvalue weighted by Crippen LogP contribution is -2.53. The third-order valence-electron chi connectivity index (χ3n) is 3.28. The zero-order chi connectivity index (χ0) is 16.8. The second kappa shape index (κ2) is 8.07. The molecule has 3 N–H and O–H groups in total. The maximum absolute atomic E-state index is 12.1. The number of amides is 2. The van der Waals surface area contributed by atoms with E-state index >= 15 is 0 Å². The highest BCUT2D eigenvalue weighted by Crippen LogP contribution is 2.29. The summed E-state index contributed by atoms with van der Waals surface area (Å²) < 4.78 is 10.4. The van der Waals surface area contributed by atoms with Crippen molar-refractivity contribution < 1.29 is 19.1 Å². The Morgan fingerprint density at radius 2 is 2.17 bits per heavy atom. The van der Waals surface area contributed by atoms with Crippen LogP contribution in [0.5, 0.6) is 11.5 Å². The number of ether oxygens (including phenoxy) is 2. The van der Waals surface area contributed by atoms with Crippen LogP contribution < -0.4 is 25.4 Å². The second-order valence-corrected chi connectivity index (χ2v) is 6.24. The Morgan fingerprint density at radius 1 is 1.39 bits per heavy atom. The Hall–Kier alpha value is -1.93. The van der Waals surface area contributed by atoms with Crippen LogP contribution in [0.4, 0.5) is 5.69 Å². The molecule has 1 aromatic carbocycles. The van der Waals surface area contributed by atoms with Crippen molar-refractivity contribution in [3.05, 3.63) is 18.2 Å². The van der Waals surface area contributed by atoms with Gasteiger partial charge in [-0.05, 0) is 19.1 Å². The number of benzene rings is 1. The molecule has 1 heterocycles. The lowest BCUT2D eigenvalue weighted by molar-refractivity contribution is -0.123. The molecule has 0 bridgehead atoms. The summed E-state index contributed by atoms with van der Waals surface area (Å²) >= 11 is 1.33. The maximum atomic E-state index is 12.1. The molecular weight excluding hydrogens is 318 g/mol. The summed E-state index contributed by atoms with van der Waals surface area (Å²) in [7, 11) is 3.10. The minimum absolute atomic E-state index is 0.00835. The molecule has 126 valence electrons. The van der Waals surface area contributed by atoms with Gasteiger partial charge in [0.1, 0.15) is 17.0 Å². The molecule has 1 saturated heterocycles. The molecule has 2 atom stereocenters. The molecular formula is C15H21N3O4S. The van der Waals surface area contributed by atoms with Gasteiger partial charge in [0, 0.05) is 18.5 Å². The van der Waals surface area contributed by atoms with Gasteiger partial charge in [0.25, 0.3) is 0 Å². The number of nitrogens with one attached hydrogen (secondary N) is 3. The van der Waals surface area contributed by atoms with Gasteiger partial charge in [0.15, 0.2) is 0 Å². The molecule has 2 unspecified atom stereocenters. The van der Waals surface area contributed by atoms with E-state index in [1.165, 1.54) is 18.9 Å². The molecule has 23 heavy (non-hydrogen) atoms. The highest BCUT2D eigenvalue weighted by molar-refractivity contribution is 8.00. The highest BCUT2D eigenvalue weighted by atomic mass is 32.2. The molecule has 2 amide bonds. The average Bonchev–Trinajstić information content (AvgIpc) is 2.52. The summed E-state index contributed by atoms with van der Waals surface area (Å²) in [6.45, 7) is 1.94. The third-order valence-corrected chi connectivity index (χ3v) is 4.30. The van der Waals surface area contributed by atoms with Gasteiger partial charge in [-0.15, -0.1) is 11.8 Å². The van der Waals surface area contributed by atoms with Crippen molar-refractivity contribution >= 4 is 29.3 Å². The third kappa shape index (κ3) is 5.04. The van der Waals surface area contributed by atoms with Crippen molar-refractivity contribution in [2.75, 3.05) is 25.3 Å². The molecule has 8 heteroatoms. The summed E-state index contributed by atoms with van der Waals surface area (Å²) in [4.78, 5) is 23.6. The highest BCUT2D eigenvalue weighted by Gasteiger charge is 2.23. The molecule has 0 aromatic heterocycles. The number of anilines is 1. The Balaban J connectivity index is 1.88. The minimum atomic E-state index is -0.255. The summed E-state index contributed by atoms with van der Waals surface area (Å²) in [5.41, 5.74) is 0.322. The number of thioether (sulfide) groups is 1. The number of rotatable bonds is 6. The number of hydrogen-bond donors (Lipinski definition) is 3. The van der Waals surface area contributed by atoms with Crippen LogP contribution in [0.15, 0.2) is 18.2 Å². The zero-order valence-electron chi connectivity index (χ0n) is 13.3. The van der Waals surface area contributed by atoms with E-state index < -0.39 is 0 Å². The van der Waals surface area contributed by atoms with Gasteiger partial charge in [-0.25, -0.2) is 0 Å². The van der Waals surface area contributed by atoms with E-state index in [0.29, 0.717) is 23.6 Å². The Labute approximate surface area is 139 Å². The molecule has 0 radical (unpaired) electrons. The molecule has 0 saturated carbocycles. The first kappa shape index (κ1) is 17.4. The Morgan fingerprint density at radius 3 is 2.83 bits per heavy atom. The zero-order valence-corrected chi connectivity index (χ0v) is 14.2. The van der Waals surface area contributed by atoms with Crippen LogP contribution in [0.2, 0.25) is 0 Å². The van der Waals surface area contributed by atoms with Crippen LogP contribution in [0, 0.1) is 0 Å². The fourth-order valence-corrected chi connectivity index (χ4v) is 3.11. The van der Waals surface area contributed by atoms with Crippen molar-refractivity contribution in [2.24, 2.45) is 0 Å². The summed E-state index contributed by atoms with van der Waals surface area (Å²) in [6, 6.07) is 5.28. The van der Waals surface area contributed by atoms with E-state index in [4.69, 9.17) is 9.47 Å². The minimum Gasteiger partial charge on any atom is -0.497 e. The van der Waals surface area contributed by atoms with E-state index in [9.17, 15) is 9.59 Å². The van der Waals surface area contributed by atoms with Crippen LogP contribution in [-0.4, -0.2) is 43.3 Å². The van der Waals surface area contributed by atoms with Crippen molar-refractivity contribution in [3.63, 3.8) is 0 Å². The quantitative estimate of drug-likeness (QED) is 0.721. The summed E-state index contributed by atoms with van der Waals surface area (Å²) in [5, 5.41) is 8.80. The van der Waals surface area contributed by atoms with E-state index in [2.05, 4.69) is 16.0 Å². The van der Waals surface area contributed by atoms with Gasteiger partial charge in [-0.2, -0.15) is 0 Å². The standard InChI is InChI=1S/C15H21N3O4S/c1-9-6-13(19)18-15(16-9)23-8-14(20)17-11-5-4-10(21-2)7-12(11)22-3/h4-5,7,9,15-16H,6,8H2,1-3H3,(H,17,20)(H,18,19). The first-order valence-electron chi connectivity index (χ1n) is 7.20. The molecule has 0 spiro atoms. The topological polar surface area (TPSA) is 88.7 Å². The van der Waals surface area contributed by atoms with Gasteiger partial charge >= 0.3 is 0 Å². The molecule has 0 aliphatic carbocycles. The lowest BCUT2D eigenvalue weighted by atomic mass is 10.2. The van der Waals surface area contributed by atoms with Gasteiger partial charge < -0.3 is 20.1 Å². The summed E-state index contributed by atoms with van der Waals surface area (Å²) in [5.74, 6) is 1.20. The Bertz CT molecular complexity index is 582. The predicted molar refractivity (Wildman–Crippen MR) is 89.8 cm³/mol. The van der Waals surface area contributed by atoms with Gasteiger partial charge in [0.05, 0.1) is 25.7 Å². The van der Waals surface area contributed by atoms with Gasteiger partial charge in [0.2, 0.25) is 11.8 Å². The maximum Gasteiger partial charge on any atom is 0.234 e. The van der Waals surface area contributed by atoms with E-state index in [-0.39, 0.29) is 29.1 Å². The van der Waals surface area contributed by atoms with Crippen molar-refractivity contribution in [1.82, 2.24) is 10.6 Å². The van der Waals surface area contributed by atoms with Crippen molar-refractivity contribution in [2.45, 2.75) is 24.9 Å².